The summed E-state index contributed by atoms with van der Waals surface area (Å²) in [6.07, 6.45) is 1.24. The summed E-state index contributed by atoms with van der Waals surface area (Å²) >= 11 is 0. The first kappa shape index (κ1) is 22.5. The van der Waals surface area contributed by atoms with Crippen LogP contribution in [0.3, 0.4) is 0 Å². The van der Waals surface area contributed by atoms with Gasteiger partial charge in [0.25, 0.3) is 0 Å². The molecule has 2 aromatic rings. The van der Waals surface area contributed by atoms with E-state index in [1.54, 1.807) is 14.2 Å². The molecule has 0 aliphatic carbocycles. The van der Waals surface area contributed by atoms with Crippen molar-refractivity contribution in [1.82, 2.24) is 20.1 Å². The number of nitrogens with one attached hydrogen (secondary N) is 1. The number of pyridine rings is 1. The molecule has 1 aromatic carbocycles. The third-order valence-electron chi connectivity index (χ3n) is 5.52. The van der Waals surface area contributed by atoms with Gasteiger partial charge in [-0.1, -0.05) is 12.1 Å². The van der Waals surface area contributed by atoms with Gasteiger partial charge in [-0.2, -0.15) is 0 Å². The van der Waals surface area contributed by atoms with E-state index in [2.05, 4.69) is 26.2 Å². The highest BCUT2D eigenvalue weighted by atomic mass is 16.5. The summed E-state index contributed by atoms with van der Waals surface area (Å²) in [5, 5.41) is 12.4. The summed E-state index contributed by atoms with van der Waals surface area (Å²) in [5.74, 6) is 1.73. The van der Waals surface area contributed by atoms with Crippen LogP contribution >= 0.6 is 0 Å². The molecule has 1 atom stereocenters. The maximum Gasteiger partial charge on any atom is 0.407 e. The first-order valence-corrected chi connectivity index (χ1v) is 10.2. The van der Waals surface area contributed by atoms with Crippen molar-refractivity contribution in [2.45, 2.75) is 6.17 Å². The molecule has 2 N–H and O–H groups in total. The van der Waals surface area contributed by atoms with Gasteiger partial charge in [-0.3, -0.25) is 9.80 Å². The van der Waals surface area contributed by atoms with Crippen LogP contribution < -0.4 is 15.0 Å². The largest absolute Gasteiger partial charge is 0.497 e. The Morgan fingerprint density at radius 3 is 2.61 bits per heavy atom. The van der Waals surface area contributed by atoms with Gasteiger partial charge >= 0.3 is 6.09 Å². The van der Waals surface area contributed by atoms with Crippen LogP contribution in [0.15, 0.2) is 42.6 Å². The van der Waals surface area contributed by atoms with Crippen LogP contribution in [0.5, 0.6) is 5.75 Å². The average molecular weight is 428 g/mol. The van der Waals surface area contributed by atoms with Gasteiger partial charge in [0, 0.05) is 37.9 Å². The molecule has 9 nitrogen and oxygen atoms in total. The Bertz CT molecular complexity index is 868. The van der Waals surface area contributed by atoms with E-state index >= 15 is 0 Å². The van der Waals surface area contributed by atoms with Gasteiger partial charge in [-0.15, -0.1) is 0 Å². The summed E-state index contributed by atoms with van der Waals surface area (Å²) < 4.78 is 5.29. The van der Waals surface area contributed by atoms with E-state index in [9.17, 15) is 14.7 Å². The quantitative estimate of drug-likeness (QED) is 0.583. The van der Waals surface area contributed by atoms with Crippen molar-refractivity contribution in [2.24, 2.45) is 0 Å². The molecule has 1 unspecified atom stereocenters. The number of rotatable bonds is 9. The van der Waals surface area contributed by atoms with Crippen molar-refractivity contribution in [2.75, 3.05) is 58.3 Å². The van der Waals surface area contributed by atoms with Gasteiger partial charge in [0.05, 0.1) is 26.4 Å². The van der Waals surface area contributed by atoms with Crippen LogP contribution in [0, 0.1) is 0 Å². The molecule has 1 saturated heterocycles. The molecule has 0 spiro atoms. The number of hydrogen-bond donors (Lipinski definition) is 2. The topological polar surface area (TPSA) is 98.2 Å². The van der Waals surface area contributed by atoms with Crippen LogP contribution in [0.4, 0.5) is 10.6 Å². The van der Waals surface area contributed by atoms with Crippen LogP contribution in [-0.2, 0) is 4.79 Å². The number of anilines is 1. The van der Waals surface area contributed by atoms with E-state index in [1.807, 2.05) is 36.5 Å². The molecule has 2 heterocycles. The Kier molecular flexibility index (Phi) is 7.80. The zero-order valence-electron chi connectivity index (χ0n) is 17.9. The minimum absolute atomic E-state index is 0.128. The predicted octanol–water partition coefficient (Wildman–Crippen LogP) is 1.60. The fourth-order valence-corrected chi connectivity index (χ4v) is 3.73. The van der Waals surface area contributed by atoms with Crippen LogP contribution in [-0.4, -0.2) is 91.9 Å². The van der Waals surface area contributed by atoms with Crippen LogP contribution in [0.2, 0.25) is 0 Å². The maximum atomic E-state index is 11.3. The summed E-state index contributed by atoms with van der Waals surface area (Å²) in [7, 11) is 3.46. The van der Waals surface area contributed by atoms with E-state index in [0.29, 0.717) is 6.29 Å². The minimum Gasteiger partial charge on any atom is -0.497 e. The van der Waals surface area contributed by atoms with Gasteiger partial charge in [0.2, 0.25) is 0 Å². The van der Waals surface area contributed by atoms with Crippen molar-refractivity contribution in [3.05, 3.63) is 42.6 Å². The van der Waals surface area contributed by atoms with Crippen molar-refractivity contribution >= 4 is 18.2 Å². The molecule has 166 valence electrons. The molecular weight excluding hydrogens is 398 g/mol. The number of hydrogen-bond acceptors (Lipinski definition) is 7. The summed E-state index contributed by atoms with van der Waals surface area (Å²) in [6.45, 7) is 3.20. The second-order valence-electron chi connectivity index (χ2n) is 7.32. The highest BCUT2D eigenvalue weighted by Gasteiger charge is 2.26. The average Bonchev–Trinajstić information content (AvgIpc) is 2.82. The van der Waals surface area contributed by atoms with Gasteiger partial charge in [-0.05, 0) is 36.9 Å². The standard InChI is InChI=1S/C22H29N5O4/c1-23-21(16-27(12-13-28)22(29)30)26-10-8-25(9-11-26)20-7-6-18(15-24-20)17-4-3-5-19(14-17)31-2/h3-7,13-15,21,23H,8-12,16H2,1-2H3,(H,29,30). The second-order valence-corrected chi connectivity index (χ2v) is 7.32. The Morgan fingerprint density at radius 2 is 2.03 bits per heavy atom. The SMILES string of the molecule is CNC(CN(CC=O)C(=O)O)N1CCN(c2ccc(-c3cccc(OC)c3)cn2)CC1. The van der Waals surface area contributed by atoms with Gasteiger partial charge in [-0.25, -0.2) is 9.78 Å². The monoisotopic (exact) mass is 427 g/mol. The highest BCUT2D eigenvalue weighted by molar-refractivity contribution is 5.69. The Hall–Kier alpha value is -3.17. The smallest absolute Gasteiger partial charge is 0.407 e. The molecule has 1 amide bonds. The van der Waals surface area contributed by atoms with Crippen molar-refractivity contribution in [3.63, 3.8) is 0 Å². The molecule has 9 heteroatoms. The molecule has 31 heavy (non-hydrogen) atoms. The fraction of sp³-hybridized carbons (Fsp3) is 0.409. The van der Waals surface area contributed by atoms with E-state index < -0.39 is 6.09 Å². The molecule has 0 radical (unpaired) electrons. The normalized spacial score (nSPS) is 15.4. The van der Waals surface area contributed by atoms with Crippen molar-refractivity contribution in [1.29, 1.82) is 0 Å². The first-order valence-electron chi connectivity index (χ1n) is 10.2. The number of aldehydes is 1. The predicted molar refractivity (Wildman–Crippen MR) is 119 cm³/mol. The number of methoxy groups -OCH3 is 1. The second kappa shape index (κ2) is 10.7. The van der Waals surface area contributed by atoms with Crippen LogP contribution in [0.1, 0.15) is 0 Å². The van der Waals surface area contributed by atoms with Gasteiger partial charge < -0.3 is 24.9 Å². The van der Waals surface area contributed by atoms with E-state index in [-0.39, 0.29) is 19.3 Å². The highest BCUT2D eigenvalue weighted by Crippen LogP contribution is 2.25. The number of benzene rings is 1. The zero-order chi connectivity index (χ0) is 22.2. The zero-order valence-corrected chi connectivity index (χ0v) is 17.9. The van der Waals surface area contributed by atoms with Gasteiger partial charge in [0.15, 0.2) is 0 Å². The maximum absolute atomic E-state index is 11.3. The number of ether oxygens (including phenoxy) is 1. The Labute approximate surface area is 182 Å². The lowest BCUT2D eigenvalue weighted by Gasteiger charge is -2.40. The Morgan fingerprint density at radius 1 is 1.26 bits per heavy atom. The van der Waals surface area contributed by atoms with E-state index in [0.717, 1.165) is 53.8 Å². The number of carbonyl (C=O) groups excluding carboxylic acids is 1. The minimum atomic E-state index is -1.09. The Balaban J connectivity index is 1.59. The number of amides is 1. The summed E-state index contributed by atoms with van der Waals surface area (Å²) in [4.78, 5) is 32.3. The summed E-state index contributed by atoms with van der Waals surface area (Å²) in [5.41, 5.74) is 2.08. The molecule has 1 fully saturated rings. The molecule has 0 bridgehead atoms. The molecule has 0 saturated carbocycles. The molecule has 3 rings (SSSR count). The molecule has 1 aromatic heterocycles. The number of piperazine rings is 1. The third kappa shape index (κ3) is 5.71. The lowest BCUT2D eigenvalue weighted by molar-refractivity contribution is -0.108. The first-order chi connectivity index (χ1) is 15.0. The van der Waals surface area contributed by atoms with E-state index in [4.69, 9.17) is 4.74 Å². The number of nitrogens with zero attached hydrogens (tertiary/aromatic N) is 4. The fourth-order valence-electron chi connectivity index (χ4n) is 3.73. The molecule has 1 aliphatic heterocycles. The number of aromatic nitrogens is 1. The number of likely N-dealkylation sites (N-methyl/N-ethyl adjacent to an activating group) is 1. The van der Waals surface area contributed by atoms with Crippen molar-refractivity contribution < 1.29 is 19.4 Å². The lowest BCUT2D eigenvalue weighted by Crippen LogP contribution is -2.58. The number of carboxylic acid groups (broad SMARTS) is 1. The molecular formula is C22H29N5O4. The lowest BCUT2D eigenvalue weighted by atomic mass is 10.1. The summed E-state index contributed by atoms with van der Waals surface area (Å²) in [6, 6.07) is 12.0. The van der Waals surface area contributed by atoms with Crippen LogP contribution in [0.25, 0.3) is 11.1 Å². The van der Waals surface area contributed by atoms with E-state index in [1.165, 1.54) is 0 Å². The van der Waals surface area contributed by atoms with Gasteiger partial charge in [0.1, 0.15) is 17.9 Å². The molecule has 1 aliphatic rings. The number of carbonyl (C=O) groups is 2. The van der Waals surface area contributed by atoms with Crippen molar-refractivity contribution in [3.8, 4) is 16.9 Å². The third-order valence-corrected chi connectivity index (χ3v) is 5.52.